The van der Waals surface area contributed by atoms with Crippen LogP contribution in [0, 0.1) is 0 Å². The molecule has 7 nitrogen and oxygen atoms in total. The van der Waals surface area contributed by atoms with Crippen molar-refractivity contribution in [2.45, 2.75) is 24.4 Å². The third-order valence-corrected chi connectivity index (χ3v) is 7.46. The van der Waals surface area contributed by atoms with Gasteiger partial charge >= 0.3 is 0 Å². The molecule has 2 amide bonds. The first-order chi connectivity index (χ1) is 14.5. The van der Waals surface area contributed by atoms with Crippen molar-refractivity contribution in [2.24, 2.45) is 0 Å². The molecule has 1 atom stereocenters. The summed E-state index contributed by atoms with van der Waals surface area (Å²) in [7, 11) is -1.22. The number of amides is 2. The topological polar surface area (TPSA) is 86.8 Å². The number of carbonyl (C=O) groups excluding carboxylic acids is 2. The molecule has 2 rings (SSSR count). The quantitative estimate of drug-likeness (QED) is 0.594. The minimum absolute atomic E-state index is 0.00718. The monoisotopic (exact) mass is 505 g/mol. The SMILES string of the molecule is CNC(=O)[C@H](C)N(Cc1c(Cl)cccc1Cl)C(=O)CN(C)S(=O)(=O)c1ccc(Cl)cc1. The molecule has 0 fully saturated rings. The van der Waals surface area contributed by atoms with Crippen LogP contribution in [0.4, 0.5) is 0 Å². The van der Waals surface area contributed by atoms with Crippen molar-refractivity contribution in [1.29, 1.82) is 0 Å². The van der Waals surface area contributed by atoms with Gasteiger partial charge in [-0.3, -0.25) is 9.59 Å². The molecule has 11 heteroatoms. The molecule has 2 aromatic carbocycles. The number of sulfonamides is 1. The summed E-state index contributed by atoms with van der Waals surface area (Å²) in [4.78, 5) is 26.6. The van der Waals surface area contributed by atoms with E-state index < -0.39 is 34.4 Å². The highest BCUT2D eigenvalue weighted by molar-refractivity contribution is 7.89. The summed E-state index contributed by atoms with van der Waals surface area (Å²) in [6, 6.07) is 9.61. The van der Waals surface area contributed by atoms with Crippen molar-refractivity contribution in [2.75, 3.05) is 20.6 Å². The molecular formula is C20H22Cl3N3O4S. The van der Waals surface area contributed by atoms with Crippen LogP contribution in [0.3, 0.4) is 0 Å². The molecule has 0 aliphatic rings. The van der Waals surface area contributed by atoms with Gasteiger partial charge in [0.05, 0.1) is 11.4 Å². The summed E-state index contributed by atoms with van der Waals surface area (Å²) < 4.78 is 26.6. The predicted octanol–water partition coefficient (Wildman–Crippen LogP) is 3.43. The Kier molecular flexibility index (Phi) is 8.73. The molecule has 0 unspecified atom stereocenters. The zero-order valence-corrected chi connectivity index (χ0v) is 20.2. The van der Waals surface area contributed by atoms with Gasteiger partial charge in [0.1, 0.15) is 6.04 Å². The van der Waals surface area contributed by atoms with Crippen LogP contribution in [0.15, 0.2) is 47.4 Å². The van der Waals surface area contributed by atoms with Crippen molar-refractivity contribution in [3.05, 3.63) is 63.1 Å². The Morgan fingerprint density at radius 3 is 2.10 bits per heavy atom. The van der Waals surface area contributed by atoms with E-state index in [1.54, 1.807) is 18.2 Å². The maximum atomic E-state index is 13.1. The molecule has 31 heavy (non-hydrogen) atoms. The maximum Gasteiger partial charge on any atom is 0.243 e. The van der Waals surface area contributed by atoms with Crippen LogP contribution in [-0.2, 0) is 26.2 Å². The van der Waals surface area contributed by atoms with E-state index in [1.807, 2.05) is 0 Å². The summed E-state index contributed by atoms with van der Waals surface area (Å²) in [6.45, 7) is 0.976. The van der Waals surface area contributed by atoms with E-state index in [0.717, 1.165) is 4.31 Å². The summed E-state index contributed by atoms with van der Waals surface area (Å²) in [5, 5.41) is 3.54. The first-order valence-electron chi connectivity index (χ1n) is 9.15. The molecule has 0 saturated carbocycles. The second kappa shape index (κ2) is 10.7. The lowest BCUT2D eigenvalue weighted by molar-refractivity contribution is -0.140. The Balaban J connectivity index is 2.32. The van der Waals surface area contributed by atoms with Crippen LogP contribution in [0.5, 0.6) is 0 Å². The number of nitrogens with one attached hydrogen (secondary N) is 1. The van der Waals surface area contributed by atoms with Crippen LogP contribution in [0.1, 0.15) is 12.5 Å². The van der Waals surface area contributed by atoms with Gasteiger partial charge in [-0.2, -0.15) is 4.31 Å². The molecule has 0 saturated heterocycles. The summed E-state index contributed by atoms with van der Waals surface area (Å²) in [5.41, 5.74) is 0.457. The smallest absolute Gasteiger partial charge is 0.243 e. The van der Waals surface area contributed by atoms with E-state index in [1.165, 1.54) is 50.2 Å². The fourth-order valence-corrected chi connectivity index (χ4v) is 4.56. The molecule has 0 radical (unpaired) electrons. The van der Waals surface area contributed by atoms with Gasteiger partial charge in [-0.05, 0) is 43.3 Å². The van der Waals surface area contributed by atoms with E-state index >= 15 is 0 Å². The Morgan fingerprint density at radius 1 is 1.03 bits per heavy atom. The minimum atomic E-state index is -3.95. The number of carbonyl (C=O) groups is 2. The van der Waals surface area contributed by atoms with Gasteiger partial charge in [-0.15, -0.1) is 0 Å². The van der Waals surface area contributed by atoms with Crippen molar-refractivity contribution in [3.8, 4) is 0 Å². The Morgan fingerprint density at radius 2 is 1.58 bits per heavy atom. The fraction of sp³-hybridized carbons (Fsp3) is 0.300. The lowest BCUT2D eigenvalue weighted by Gasteiger charge is -2.30. The predicted molar refractivity (Wildman–Crippen MR) is 122 cm³/mol. The number of hydrogen-bond acceptors (Lipinski definition) is 4. The van der Waals surface area contributed by atoms with Crippen molar-refractivity contribution >= 4 is 56.6 Å². The molecule has 0 bridgehead atoms. The van der Waals surface area contributed by atoms with Gasteiger partial charge in [0.25, 0.3) is 0 Å². The third kappa shape index (κ3) is 6.11. The average molecular weight is 507 g/mol. The number of halogens is 3. The molecular weight excluding hydrogens is 485 g/mol. The highest BCUT2D eigenvalue weighted by Crippen LogP contribution is 2.27. The molecule has 1 N–H and O–H groups in total. The van der Waals surface area contributed by atoms with Crippen molar-refractivity contribution in [1.82, 2.24) is 14.5 Å². The molecule has 0 spiro atoms. The number of benzene rings is 2. The van der Waals surface area contributed by atoms with Crippen molar-refractivity contribution in [3.63, 3.8) is 0 Å². The minimum Gasteiger partial charge on any atom is -0.357 e. The molecule has 0 heterocycles. The number of rotatable bonds is 8. The van der Waals surface area contributed by atoms with Crippen LogP contribution in [0.25, 0.3) is 0 Å². The molecule has 0 aliphatic carbocycles. The molecule has 0 aromatic heterocycles. The molecule has 0 aliphatic heterocycles. The van der Waals surface area contributed by atoms with Gasteiger partial charge in [-0.1, -0.05) is 40.9 Å². The summed E-state index contributed by atoms with van der Waals surface area (Å²) in [5.74, 6) is -1.01. The average Bonchev–Trinajstić information content (AvgIpc) is 2.72. The maximum absolute atomic E-state index is 13.1. The Labute approximate surface area is 196 Å². The van der Waals surface area contributed by atoms with Crippen LogP contribution in [-0.4, -0.2) is 56.1 Å². The second-order valence-electron chi connectivity index (χ2n) is 6.73. The Hall–Kier alpha value is -1.84. The van der Waals surface area contributed by atoms with E-state index in [9.17, 15) is 18.0 Å². The van der Waals surface area contributed by atoms with Gasteiger partial charge in [0, 0.05) is 41.3 Å². The molecule has 168 valence electrons. The summed E-state index contributed by atoms with van der Waals surface area (Å²) in [6.07, 6.45) is 0. The van der Waals surface area contributed by atoms with Crippen LogP contribution >= 0.6 is 34.8 Å². The number of likely N-dealkylation sites (N-methyl/N-ethyl adjacent to an activating group) is 2. The zero-order valence-electron chi connectivity index (χ0n) is 17.1. The molecule has 2 aromatic rings. The van der Waals surface area contributed by atoms with Crippen LogP contribution in [0.2, 0.25) is 15.1 Å². The van der Waals surface area contributed by atoms with Crippen molar-refractivity contribution < 1.29 is 18.0 Å². The summed E-state index contributed by atoms with van der Waals surface area (Å²) >= 11 is 18.3. The van der Waals surface area contributed by atoms with E-state index in [4.69, 9.17) is 34.8 Å². The second-order valence-corrected chi connectivity index (χ2v) is 10.0. The Bertz CT molecular complexity index is 1040. The van der Waals surface area contributed by atoms with E-state index in [-0.39, 0.29) is 11.4 Å². The standard InChI is InChI=1S/C20H22Cl3N3O4S/c1-13(20(28)24-2)26(11-16-17(22)5-4-6-18(16)23)19(27)12-25(3)31(29,30)15-9-7-14(21)8-10-15/h4-10,13H,11-12H2,1-3H3,(H,24,28)/t13-/m0/s1. The van der Waals surface area contributed by atoms with E-state index in [2.05, 4.69) is 5.32 Å². The lowest BCUT2D eigenvalue weighted by atomic mass is 10.1. The normalized spacial score (nSPS) is 12.5. The van der Waals surface area contributed by atoms with Gasteiger partial charge in [0.2, 0.25) is 21.8 Å². The van der Waals surface area contributed by atoms with E-state index in [0.29, 0.717) is 20.6 Å². The largest absolute Gasteiger partial charge is 0.357 e. The third-order valence-electron chi connectivity index (χ3n) is 4.68. The van der Waals surface area contributed by atoms with Gasteiger partial charge in [0.15, 0.2) is 0 Å². The highest BCUT2D eigenvalue weighted by Gasteiger charge is 2.30. The van der Waals surface area contributed by atoms with Gasteiger partial charge < -0.3 is 10.2 Å². The lowest BCUT2D eigenvalue weighted by Crippen LogP contribution is -2.50. The number of nitrogens with zero attached hydrogens (tertiary/aromatic N) is 2. The first-order valence-corrected chi connectivity index (χ1v) is 11.7. The van der Waals surface area contributed by atoms with Crippen LogP contribution < -0.4 is 5.32 Å². The highest BCUT2D eigenvalue weighted by atomic mass is 35.5. The number of hydrogen-bond donors (Lipinski definition) is 1. The fourth-order valence-electron chi connectivity index (χ4n) is 2.80. The van der Waals surface area contributed by atoms with Gasteiger partial charge in [-0.25, -0.2) is 8.42 Å². The first kappa shape index (κ1) is 25.4. The zero-order chi connectivity index (χ0) is 23.3.